The minimum atomic E-state index is 0.00616. The van der Waals surface area contributed by atoms with Crippen molar-refractivity contribution in [2.45, 2.75) is 33.2 Å². The molecular formula is C20H26N8O. The summed E-state index contributed by atoms with van der Waals surface area (Å²) in [5.74, 6) is 1.23. The van der Waals surface area contributed by atoms with Crippen molar-refractivity contribution in [2.75, 3.05) is 24.5 Å². The third-order valence-corrected chi connectivity index (χ3v) is 5.34. The van der Waals surface area contributed by atoms with E-state index in [9.17, 15) is 4.79 Å². The van der Waals surface area contributed by atoms with Crippen molar-refractivity contribution < 1.29 is 4.79 Å². The maximum absolute atomic E-state index is 12.3. The lowest BCUT2D eigenvalue weighted by Gasteiger charge is -2.32. The number of anilines is 1. The Labute approximate surface area is 169 Å². The highest BCUT2D eigenvalue weighted by Crippen LogP contribution is 2.22. The molecular weight excluding hydrogens is 368 g/mol. The predicted octanol–water partition coefficient (Wildman–Crippen LogP) is 1.51. The van der Waals surface area contributed by atoms with Crippen molar-refractivity contribution in [3.05, 3.63) is 47.8 Å². The van der Waals surface area contributed by atoms with Crippen molar-refractivity contribution >= 4 is 11.9 Å². The molecule has 9 heteroatoms. The van der Waals surface area contributed by atoms with Gasteiger partial charge in [-0.15, -0.1) is 0 Å². The van der Waals surface area contributed by atoms with Crippen LogP contribution < -0.4 is 10.2 Å². The fraction of sp³-hybridized carbons (Fsp3) is 0.450. The van der Waals surface area contributed by atoms with Crippen LogP contribution in [0.1, 0.15) is 24.2 Å². The summed E-state index contributed by atoms with van der Waals surface area (Å²) in [6.45, 7) is 6.59. The Hall–Kier alpha value is -3.23. The van der Waals surface area contributed by atoms with E-state index in [1.165, 1.54) is 0 Å². The van der Waals surface area contributed by atoms with Crippen LogP contribution in [0.3, 0.4) is 0 Å². The summed E-state index contributed by atoms with van der Waals surface area (Å²) in [6, 6.07) is 11.9. The van der Waals surface area contributed by atoms with Crippen molar-refractivity contribution in [2.24, 2.45) is 5.92 Å². The van der Waals surface area contributed by atoms with Crippen LogP contribution in [0.4, 0.5) is 5.95 Å². The second-order valence-electron chi connectivity index (χ2n) is 7.55. The molecule has 0 atom stereocenters. The molecule has 0 bridgehead atoms. The van der Waals surface area contributed by atoms with Crippen LogP contribution in [0, 0.1) is 19.8 Å². The van der Waals surface area contributed by atoms with E-state index in [1.54, 1.807) is 9.36 Å². The SMILES string of the molecule is Cc1cc(C)n(CC(=O)NCC2CCN(c3nnnn3-c3ccccc3)CC2)n1. The number of benzene rings is 1. The first-order valence-corrected chi connectivity index (χ1v) is 9.96. The molecule has 3 aromatic rings. The lowest BCUT2D eigenvalue weighted by atomic mass is 9.97. The van der Waals surface area contributed by atoms with Gasteiger partial charge in [-0.25, -0.2) is 0 Å². The van der Waals surface area contributed by atoms with Gasteiger partial charge >= 0.3 is 0 Å². The molecule has 4 rings (SSSR count). The Morgan fingerprint density at radius 1 is 1.17 bits per heavy atom. The van der Waals surface area contributed by atoms with Gasteiger partial charge in [0.1, 0.15) is 6.54 Å². The Morgan fingerprint density at radius 2 is 1.93 bits per heavy atom. The molecule has 9 nitrogen and oxygen atoms in total. The van der Waals surface area contributed by atoms with Crippen LogP contribution in [0.15, 0.2) is 36.4 Å². The van der Waals surface area contributed by atoms with E-state index in [4.69, 9.17) is 0 Å². The first kappa shape index (κ1) is 19.1. The van der Waals surface area contributed by atoms with Gasteiger partial charge in [-0.05, 0) is 61.2 Å². The van der Waals surface area contributed by atoms with Gasteiger partial charge in [-0.3, -0.25) is 9.48 Å². The Morgan fingerprint density at radius 3 is 2.62 bits per heavy atom. The van der Waals surface area contributed by atoms with E-state index >= 15 is 0 Å². The van der Waals surface area contributed by atoms with Crippen LogP contribution in [0.5, 0.6) is 0 Å². The fourth-order valence-electron chi connectivity index (χ4n) is 3.74. The molecule has 0 aliphatic carbocycles. The Bertz CT molecular complexity index is 956. The molecule has 1 aliphatic rings. The van der Waals surface area contributed by atoms with E-state index in [2.05, 4.69) is 30.8 Å². The quantitative estimate of drug-likeness (QED) is 0.681. The molecule has 1 saturated heterocycles. The summed E-state index contributed by atoms with van der Waals surface area (Å²) >= 11 is 0. The number of hydrogen-bond donors (Lipinski definition) is 1. The lowest BCUT2D eigenvalue weighted by molar-refractivity contribution is -0.122. The van der Waals surface area contributed by atoms with Crippen LogP contribution in [-0.2, 0) is 11.3 Å². The Balaban J connectivity index is 1.28. The number of carbonyl (C=O) groups excluding carboxylic acids is 1. The molecule has 152 valence electrons. The fourth-order valence-corrected chi connectivity index (χ4v) is 3.74. The number of amides is 1. The zero-order valence-corrected chi connectivity index (χ0v) is 16.8. The molecule has 1 amide bonds. The van der Waals surface area contributed by atoms with Crippen LogP contribution in [0.2, 0.25) is 0 Å². The third-order valence-electron chi connectivity index (χ3n) is 5.34. The number of rotatable bonds is 6. The zero-order chi connectivity index (χ0) is 20.2. The average Bonchev–Trinajstić information content (AvgIpc) is 3.34. The number of piperidine rings is 1. The van der Waals surface area contributed by atoms with Gasteiger partial charge in [0.05, 0.1) is 11.4 Å². The van der Waals surface area contributed by atoms with E-state index < -0.39 is 0 Å². The lowest BCUT2D eigenvalue weighted by Crippen LogP contribution is -2.40. The number of hydrogen-bond acceptors (Lipinski definition) is 6. The molecule has 0 saturated carbocycles. The van der Waals surface area contributed by atoms with E-state index in [1.807, 2.05) is 50.2 Å². The molecule has 0 radical (unpaired) electrons. The van der Waals surface area contributed by atoms with Crippen LogP contribution in [-0.4, -0.2) is 55.5 Å². The number of nitrogens with one attached hydrogen (secondary N) is 1. The van der Waals surface area contributed by atoms with Gasteiger partial charge in [-0.1, -0.05) is 23.3 Å². The van der Waals surface area contributed by atoms with Gasteiger partial charge < -0.3 is 10.2 Å². The van der Waals surface area contributed by atoms with E-state index in [-0.39, 0.29) is 12.5 Å². The number of nitrogens with zero attached hydrogens (tertiary/aromatic N) is 7. The topological polar surface area (TPSA) is 93.8 Å². The molecule has 3 heterocycles. The number of para-hydroxylation sites is 1. The third kappa shape index (κ3) is 4.44. The molecule has 1 N–H and O–H groups in total. The average molecular weight is 394 g/mol. The monoisotopic (exact) mass is 394 g/mol. The summed E-state index contributed by atoms with van der Waals surface area (Å²) in [5.41, 5.74) is 2.88. The van der Waals surface area contributed by atoms with Crippen molar-refractivity contribution in [1.29, 1.82) is 0 Å². The predicted molar refractivity (Wildman–Crippen MR) is 109 cm³/mol. The normalized spacial score (nSPS) is 14.9. The second-order valence-corrected chi connectivity index (χ2v) is 7.55. The number of carbonyl (C=O) groups is 1. The molecule has 1 aliphatic heterocycles. The molecule has 0 unspecified atom stereocenters. The maximum Gasteiger partial charge on any atom is 0.250 e. The van der Waals surface area contributed by atoms with Gasteiger partial charge in [0.2, 0.25) is 11.9 Å². The van der Waals surface area contributed by atoms with Gasteiger partial charge in [-0.2, -0.15) is 9.78 Å². The van der Waals surface area contributed by atoms with Gasteiger partial charge in [0.15, 0.2) is 0 Å². The second kappa shape index (κ2) is 8.42. The van der Waals surface area contributed by atoms with Crippen molar-refractivity contribution in [3.8, 4) is 5.69 Å². The van der Waals surface area contributed by atoms with Gasteiger partial charge in [0, 0.05) is 25.3 Å². The van der Waals surface area contributed by atoms with Crippen molar-refractivity contribution in [1.82, 2.24) is 35.3 Å². The number of tetrazole rings is 1. The summed E-state index contributed by atoms with van der Waals surface area (Å²) < 4.78 is 3.52. The minimum absolute atomic E-state index is 0.00616. The molecule has 1 aromatic carbocycles. The highest BCUT2D eigenvalue weighted by atomic mass is 16.2. The number of aryl methyl sites for hydroxylation is 2. The van der Waals surface area contributed by atoms with Gasteiger partial charge in [0.25, 0.3) is 0 Å². The van der Waals surface area contributed by atoms with E-state index in [0.29, 0.717) is 12.5 Å². The summed E-state index contributed by atoms with van der Waals surface area (Å²) in [5, 5.41) is 19.6. The van der Waals surface area contributed by atoms with Crippen LogP contribution >= 0.6 is 0 Å². The number of aromatic nitrogens is 6. The first-order valence-electron chi connectivity index (χ1n) is 9.96. The molecule has 2 aromatic heterocycles. The minimum Gasteiger partial charge on any atom is -0.354 e. The summed E-state index contributed by atoms with van der Waals surface area (Å²) in [6.07, 6.45) is 1.98. The van der Waals surface area contributed by atoms with Crippen molar-refractivity contribution in [3.63, 3.8) is 0 Å². The molecule has 0 spiro atoms. The summed E-state index contributed by atoms with van der Waals surface area (Å²) in [4.78, 5) is 14.5. The highest BCUT2D eigenvalue weighted by Gasteiger charge is 2.24. The molecule has 1 fully saturated rings. The zero-order valence-electron chi connectivity index (χ0n) is 16.8. The summed E-state index contributed by atoms with van der Waals surface area (Å²) in [7, 11) is 0. The largest absolute Gasteiger partial charge is 0.354 e. The highest BCUT2D eigenvalue weighted by molar-refractivity contribution is 5.75. The van der Waals surface area contributed by atoms with Crippen LogP contribution in [0.25, 0.3) is 5.69 Å². The Kier molecular flexibility index (Phi) is 5.55. The molecule has 29 heavy (non-hydrogen) atoms. The first-order chi connectivity index (χ1) is 14.1. The van der Waals surface area contributed by atoms with E-state index in [0.717, 1.165) is 49.0 Å². The standard InChI is InChI=1S/C20H26N8O/c1-15-12-16(2)27(23-15)14-19(29)21-13-17-8-10-26(11-9-17)20-22-24-25-28(20)18-6-4-3-5-7-18/h3-7,12,17H,8-11,13-14H2,1-2H3,(H,21,29). The smallest absolute Gasteiger partial charge is 0.250 e. The maximum atomic E-state index is 12.3.